The quantitative estimate of drug-likeness (QED) is 0.157. The maximum absolute atomic E-state index is 2.52. The van der Waals surface area contributed by atoms with Gasteiger partial charge in [0.15, 0.2) is 0 Å². The summed E-state index contributed by atoms with van der Waals surface area (Å²) in [4.78, 5) is 0. The molecule has 0 radical (unpaired) electrons. The third-order valence-corrected chi connectivity index (χ3v) is 15.2. The molecule has 0 aliphatic heterocycles. The van der Waals surface area contributed by atoms with Crippen LogP contribution in [0.1, 0.15) is 0 Å². The molecule has 1 nitrogen and oxygen atoms in total. The van der Waals surface area contributed by atoms with E-state index in [4.69, 9.17) is 0 Å². The van der Waals surface area contributed by atoms with Crippen molar-refractivity contribution in [2.24, 2.45) is 0 Å². The Morgan fingerprint density at radius 3 is 1.34 bits per heavy atom. The molecule has 14 rings (SSSR count). The fourth-order valence-electron chi connectivity index (χ4n) is 10.6. The molecule has 4 heterocycles. The first-order valence-electron chi connectivity index (χ1n) is 20.3. The fraction of sp³-hybridized carbons (Fsp3) is 0. The summed E-state index contributed by atoms with van der Waals surface area (Å²) < 4.78 is 7.80. The topological polar surface area (TPSA) is 4.41 Å². The summed E-state index contributed by atoms with van der Waals surface area (Å²) >= 11 is 3.77. The van der Waals surface area contributed by atoms with Crippen LogP contribution >= 0.6 is 22.7 Å². The first kappa shape index (κ1) is 32.0. The molecule has 3 heteroatoms. The lowest BCUT2D eigenvalue weighted by Crippen LogP contribution is -1.92. The van der Waals surface area contributed by atoms with Crippen molar-refractivity contribution in [1.29, 1.82) is 0 Å². The smallest absolute Gasteiger partial charge is 0.0626 e. The van der Waals surface area contributed by atoms with Crippen molar-refractivity contribution < 1.29 is 0 Å². The molecule has 0 aliphatic carbocycles. The lowest BCUT2D eigenvalue weighted by molar-refractivity contribution is 1.37. The van der Waals surface area contributed by atoms with Gasteiger partial charge >= 0.3 is 0 Å². The van der Waals surface area contributed by atoms with E-state index in [1.54, 1.807) is 0 Å². The summed E-state index contributed by atoms with van der Waals surface area (Å²) in [6, 6.07) is 70.7. The zero-order valence-corrected chi connectivity index (χ0v) is 33.3. The van der Waals surface area contributed by atoms with E-state index in [1.165, 1.54) is 133 Å². The molecule has 0 aliphatic rings. The third kappa shape index (κ3) is 4.23. The minimum atomic E-state index is 1.25. The maximum atomic E-state index is 2.52. The van der Waals surface area contributed by atoms with Crippen molar-refractivity contribution >= 4 is 123 Å². The van der Waals surface area contributed by atoms with Crippen LogP contribution in [-0.2, 0) is 0 Å². The van der Waals surface area contributed by atoms with Gasteiger partial charge in [-0.3, -0.25) is 0 Å². The zero-order valence-electron chi connectivity index (χ0n) is 31.7. The normalized spacial score (nSPS) is 12.4. The fourth-order valence-corrected chi connectivity index (χ4v) is 12.9. The Labute approximate surface area is 346 Å². The van der Waals surface area contributed by atoms with E-state index in [9.17, 15) is 0 Å². The molecule has 4 aromatic heterocycles. The molecule has 59 heavy (non-hydrogen) atoms. The van der Waals surface area contributed by atoms with Crippen LogP contribution in [0.15, 0.2) is 188 Å². The van der Waals surface area contributed by atoms with Crippen LogP contribution < -0.4 is 0 Å². The SMILES string of the molecule is c1ccc2c(c1)sc1cccc(-c3cccc4c(-c5ccc6c7ccccc7n7c8ccccc8c5c67)c5cccc(-c6cccc7sc8ccccc8c67)c5cc34)c12. The van der Waals surface area contributed by atoms with Crippen LogP contribution in [0.5, 0.6) is 0 Å². The van der Waals surface area contributed by atoms with Gasteiger partial charge in [-0.05, 0) is 97.4 Å². The number of nitrogens with zero attached hydrogens (tertiary/aromatic N) is 1. The molecule has 0 unspecified atom stereocenters. The lowest BCUT2D eigenvalue weighted by atomic mass is 9.84. The van der Waals surface area contributed by atoms with Crippen molar-refractivity contribution in [1.82, 2.24) is 4.40 Å². The average molecular weight is 782 g/mol. The van der Waals surface area contributed by atoms with Crippen molar-refractivity contribution in [3.63, 3.8) is 0 Å². The minimum Gasteiger partial charge on any atom is -0.308 e. The van der Waals surface area contributed by atoms with Gasteiger partial charge in [-0.1, -0.05) is 146 Å². The molecule has 0 spiro atoms. The van der Waals surface area contributed by atoms with E-state index in [0.29, 0.717) is 0 Å². The van der Waals surface area contributed by atoms with Gasteiger partial charge in [0.05, 0.1) is 16.6 Å². The largest absolute Gasteiger partial charge is 0.308 e. The summed E-state index contributed by atoms with van der Waals surface area (Å²) in [6.07, 6.45) is 0. The van der Waals surface area contributed by atoms with E-state index in [2.05, 4.69) is 192 Å². The second-order valence-electron chi connectivity index (χ2n) is 15.9. The van der Waals surface area contributed by atoms with Gasteiger partial charge in [0.1, 0.15) is 0 Å². The molecule has 0 atom stereocenters. The molecule has 14 aromatic rings. The standard InChI is InChI=1S/C56H31NS2/c1-5-23-46-34(13-1)39-29-30-43(55-40-14-2-6-24-47(40)57(46)56(39)55)52-37-19-9-17-32(35-21-11-27-50-53(35)41-15-3-7-25-48(41)58-50)44(37)31-45-33(18-10-20-38(45)52)36-22-12-28-51-54(36)42-16-4-8-26-49(42)59-51/h1-31H. The second-order valence-corrected chi connectivity index (χ2v) is 18.0. The lowest BCUT2D eigenvalue weighted by Gasteiger charge is -2.19. The molecule has 0 N–H and O–H groups in total. The first-order chi connectivity index (χ1) is 29.3. The van der Waals surface area contributed by atoms with Gasteiger partial charge in [-0.15, -0.1) is 22.7 Å². The van der Waals surface area contributed by atoms with Gasteiger partial charge < -0.3 is 4.40 Å². The highest BCUT2D eigenvalue weighted by Crippen LogP contribution is 2.51. The summed E-state index contributed by atoms with van der Waals surface area (Å²) in [5.74, 6) is 0. The molecule has 0 saturated heterocycles. The van der Waals surface area contributed by atoms with Crippen molar-refractivity contribution in [3.8, 4) is 33.4 Å². The molecule has 0 bridgehead atoms. The molecular weight excluding hydrogens is 751 g/mol. The maximum Gasteiger partial charge on any atom is 0.0626 e. The van der Waals surface area contributed by atoms with Crippen LogP contribution in [0.3, 0.4) is 0 Å². The van der Waals surface area contributed by atoms with Gasteiger partial charge in [0.25, 0.3) is 0 Å². The molecule has 10 aromatic carbocycles. The van der Waals surface area contributed by atoms with Crippen LogP contribution in [0, 0.1) is 0 Å². The Morgan fingerprint density at radius 2 is 0.729 bits per heavy atom. The van der Waals surface area contributed by atoms with Crippen LogP contribution in [0.2, 0.25) is 0 Å². The summed E-state index contributed by atoms with van der Waals surface area (Å²) in [5.41, 5.74) is 11.5. The minimum absolute atomic E-state index is 1.25. The number of benzene rings is 10. The Morgan fingerprint density at radius 1 is 0.271 bits per heavy atom. The third-order valence-electron chi connectivity index (χ3n) is 12.9. The Hall–Kier alpha value is -7.04. The number of para-hydroxylation sites is 2. The molecule has 0 saturated carbocycles. The zero-order chi connectivity index (χ0) is 38.3. The van der Waals surface area contributed by atoms with Crippen molar-refractivity contribution in [3.05, 3.63) is 188 Å². The highest BCUT2D eigenvalue weighted by atomic mass is 32.1. The average Bonchev–Trinajstić information content (AvgIpc) is 4.05. The Balaban J connectivity index is 1.19. The van der Waals surface area contributed by atoms with Crippen molar-refractivity contribution in [2.75, 3.05) is 0 Å². The number of hydrogen-bond donors (Lipinski definition) is 0. The van der Waals surface area contributed by atoms with Gasteiger partial charge in [-0.2, -0.15) is 0 Å². The van der Waals surface area contributed by atoms with E-state index in [-0.39, 0.29) is 0 Å². The number of hydrogen-bond acceptors (Lipinski definition) is 2. The summed E-state index contributed by atoms with van der Waals surface area (Å²) in [6.45, 7) is 0. The van der Waals surface area contributed by atoms with Gasteiger partial charge in [0, 0.05) is 61.9 Å². The van der Waals surface area contributed by atoms with E-state index in [0.717, 1.165) is 0 Å². The Kier molecular flexibility index (Phi) is 6.38. The molecule has 0 amide bonds. The van der Waals surface area contributed by atoms with Gasteiger partial charge in [0.2, 0.25) is 0 Å². The number of thiophene rings is 2. The van der Waals surface area contributed by atoms with Gasteiger partial charge in [-0.25, -0.2) is 0 Å². The van der Waals surface area contributed by atoms with E-state index < -0.39 is 0 Å². The monoisotopic (exact) mass is 781 g/mol. The molecular formula is C56H31NS2. The molecule has 272 valence electrons. The second kappa shape index (κ2) is 11.8. The molecule has 0 fully saturated rings. The number of aromatic nitrogens is 1. The van der Waals surface area contributed by atoms with E-state index >= 15 is 0 Å². The highest BCUT2D eigenvalue weighted by Gasteiger charge is 2.24. The van der Waals surface area contributed by atoms with E-state index in [1.807, 2.05) is 22.7 Å². The summed E-state index contributed by atoms with van der Waals surface area (Å²) in [5, 5.41) is 15.6. The highest BCUT2D eigenvalue weighted by molar-refractivity contribution is 7.26. The predicted octanol–water partition coefficient (Wildman–Crippen LogP) is 16.9. The van der Waals surface area contributed by atoms with Crippen LogP contribution in [-0.4, -0.2) is 4.40 Å². The predicted molar refractivity (Wildman–Crippen MR) is 258 cm³/mol. The number of rotatable bonds is 3. The summed E-state index contributed by atoms with van der Waals surface area (Å²) in [7, 11) is 0. The van der Waals surface area contributed by atoms with Crippen LogP contribution in [0.25, 0.3) is 133 Å². The Bertz CT molecular complexity index is 3910. The number of fused-ring (bicyclic) bond motifs is 14. The van der Waals surface area contributed by atoms with Crippen molar-refractivity contribution in [2.45, 2.75) is 0 Å². The van der Waals surface area contributed by atoms with Crippen LogP contribution in [0.4, 0.5) is 0 Å². The first-order valence-corrected chi connectivity index (χ1v) is 21.9.